The molecule has 0 unspecified atom stereocenters. The van der Waals surface area contributed by atoms with Crippen LogP contribution in [0, 0.1) is 18.6 Å². The summed E-state index contributed by atoms with van der Waals surface area (Å²) in [4.78, 5) is 15.8. The Morgan fingerprint density at radius 3 is 2.52 bits per heavy atom. The van der Waals surface area contributed by atoms with Gasteiger partial charge in [0.2, 0.25) is 11.6 Å². The van der Waals surface area contributed by atoms with Gasteiger partial charge in [0, 0.05) is 6.20 Å². The molecule has 1 aromatic heterocycles. The van der Waals surface area contributed by atoms with Gasteiger partial charge in [-0.05, 0) is 43.2 Å². The van der Waals surface area contributed by atoms with E-state index in [1.54, 1.807) is 6.92 Å². The molecule has 0 aliphatic carbocycles. The molecule has 7 heteroatoms. The van der Waals surface area contributed by atoms with Crippen LogP contribution < -0.4 is 4.74 Å². The monoisotopic (exact) mass is 323 g/mol. The molecule has 1 N–H and O–H groups in total. The molecule has 122 valence electrons. The second-order valence-corrected chi connectivity index (χ2v) is 4.69. The van der Waals surface area contributed by atoms with Crippen molar-refractivity contribution >= 4 is 5.97 Å². The van der Waals surface area contributed by atoms with Crippen molar-refractivity contribution in [1.82, 2.24) is 4.98 Å². The smallest absolute Gasteiger partial charge is 0.344 e. The summed E-state index contributed by atoms with van der Waals surface area (Å²) in [6.45, 7) is 2.74. The zero-order valence-corrected chi connectivity index (χ0v) is 12.6. The summed E-state index contributed by atoms with van der Waals surface area (Å²) in [7, 11) is 0. The van der Waals surface area contributed by atoms with Crippen LogP contribution in [0.1, 0.15) is 28.4 Å². The first-order chi connectivity index (χ1) is 11.0. The number of pyridine rings is 1. The molecule has 1 aromatic carbocycles. The molecular weight excluding hydrogens is 308 g/mol. The number of aryl methyl sites for hydroxylation is 1. The minimum Gasteiger partial charge on any atom is -0.462 e. The number of benzene rings is 1. The Kier molecular flexibility index (Phi) is 5.23. The quantitative estimate of drug-likeness (QED) is 0.856. The highest BCUT2D eigenvalue weighted by Crippen LogP contribution is 2.31. The second-order valence-electron chi connectivity index (χ2n) is 4.69. The highest BCUT2D eigenvalue weighted by Gasteiger charge is 2.23. The van der Waals surface area contributed by atoms with Crippen molar-refractivity contribution in [3.05, 3.63) is 52.7 Å². The molecule has 1 heterocycles. The largest absolute Gasteiger partial charge is 0.462 e. The van der Waals surface area contributed by atoms with E-state index in [1.807, 2.05) is 0 Å². The number of hydrogen-bond acceptors (Lipinski definition) is 5. The van der Waals surface area contributed by atoms with Gasteiger partial charge in [-0.15, -0.1) is 0 Å². The van der Waals surface area contributed by atoms with E-state index in [4.69, 9.17) is 9.47 Å². The SMILES string of the molecule is CCOC(=O)c1c(CO)ccnc1Oc1c(F)cc(C)cc1F. The van der Waals surface area contributed by atoms with Gasteiger partial charge in [0.05, 0.1) is 13.2 Å². The van der Waals surface area contributed by atoms with E-state index in [9.17, 15) is 18.7 Å². The number of carbonyl (C=O) groups is 1. The highest BCUT2D eigenvalue weighted by atomic mass is 19.1. The third-order valence-corrected chi connectivity index (χ3v) is 2.99. The molecule has 2 aromatic rings. The highest BCUT2D eigenvalue weighted by molar-refractivity contribution is 5.93. The van der Waals surface area contributed by atoms with Crippen molar-refractivity contribution in [2.24, 2.45) is 0 Å². The van der Waals surface area contributed by atoms with E-state index < -0.39 is 30.0 Å². The lowest BCUT2D eigenvalue weighted by Gasteiger charge is -2.13. The lowest BCUT2D eigenvalue weighted by atomic mass is 10.1. The Balaban J connectivity index is 2.50. The summed E-state index contributed by atoms with van der Waals surface area (Å²) < 4.78 is 37.8. The van der Waals surface area contributed by atoms with Gasteiger partial charge in [-0.25, -0.2) is 18.6 Å². The van der Waals surface area contributed by atoms with Gasteiger partial charge >= 0.3 is 5.97 Å². The summed E-state index contributed by atoms with van der Waals surface area (Å²) in [5, 5.41) is 9.33. The van der Waals surface area contributed by atoms with Gasteiger partial charge in [0.15, 0.2) is 11.6 Å². The summed E-state index contributed by atoms with van der Waals surface area (Å²) in [6.07, 6.45) is 1.26. The molecule has 0 radical (unpaired) electrons. The summed E-state index contributed by atoms with van der Waals surface area (Å²) in [6, 6.07) is 3.58. The van der Waals surface area contributed by atoms with E-state index >= 15 is 0 Å². The van der Waals surface area contributed by atoms with Gasteiger partial charge in [0.1, 0.15) is 5.56 Å². The van der Waals surface area contributed by atoms with Crippen LogP contribution >= 0.6 is 0 Å². The van der Waals surface area contributed by atoms with Crippen molar-refractivity contribution in [3.8, 4) is 11.6 Å². The first-order valence-corrected chi connectivity index (χ1v) is 6.87. The van der Waals surface area contributed by atoms with Gasteiger partial charge in [-0.3, -0.25) is 0 Å². The lowest BCUT2D eigenvalue weighted by molar-refractivity contribution is 0.0518. The number of esters is 1. The topological polar surface area (TPSA) is 68.7 Å². The normalized spacial score (nSPS) is 10.5. The Bertz CT molecular complexity index is 711. The third kappa shape index (κ3) is 3.62. The van der Waals surface area contributed by atoms with Crippen LogP contribution in [-0.4, -0.2) is 22.7 Å². The van der Waals surface area contributed by atoms with E-state index in [2.05, 4.69) is 4.98 Å². The molecule has 5 nitrogen and oxygen atoms in total. The molecule has 0 fully saturated rings. The predicted octanol–water partition coefficient (Wildman–Crippen LogP) is 3.13. The number of halogens is 2. The van der Waals surface area contributed by atoms with Crippen LogP contribution in [0.25, 0.3) is 0 Å². The Morgan fingerprint density at radius 1 is 1.30 bits per heavy atom. The van der Waals surface area contributed by atoms with Gasteiger partial charge in [-0.1, -0.05) is 0 Å². The molecule has 0 saturated carbocycles. The Morgan fingerprint density at radius 2 is 1.96 bits per heavy atom. The van der Waals surface area contributed by atoms with Crippen molar-refractivity contribution in [2.45, 2.75) is 20.5 Å². The van der Waals surface area contributed by atoms with Crippen molar-refractivity contribution in [1.29, 1.82) is 0 Å². The number of nitrogens with zero attached hydrogens (tertiary/aromatic N) is 1. The average molecular weight is 323 g/mol. The fraction of sp³-hybridized carbons (Fsp3) is 0.250. The van der Waals surface area contributed by atoms with Crippen molar-refractivity contribution in [2.75, 3.05) is 6.61 Å². The number of hydrogen-bond donors (Lipinski definition) is 1. The molecule has 0 atom stereocenters. The molecular formula is C16H15F2NO4. The van der Waals surface area contributed by atoms with E-state index in [0.717, 1.165) is 12.1 Å². The van der Waals surface area contributed by atoms with Gasteiger partial charge < -0.3 is 14.6 Å². The maximum Gasteiger partial charge on any atom is 0.344 e. The predicted molar refractivity (Wildman–Crippen MR) is 77.3 cm³/mol. The summed E-state index contributed by atoms with van der Waals surface area (Å²) >= 11 is 0. The minimum atomic E-state index is -0.923. The van der Waals surface area contributed by atoms with Gasteiger partial charge in [-0.2, -0.15) is 0 Å². The first-order valence-electron chi connectivity index (χ1n) is 6.87. The minimum absolute atomic E-state index is 0.0886. The first kappa shape index (κ1) is 16.8. The van der Waals surface area contributed by atoms with Crippen LogP contribution in [0.5, 0.6) is 11.6 Å². The molecule has 0 aliphatic heterocycles. The lowest BCUT2D eigenvalue weighted by Crippen LogP contribution is -2.11. The number of carbonyl (C=O) groups excluding carboxylic acids is 1. The fourth-order valence-corrected chi connectivity index (χ4v) is 1.99. The molecule has 0 spiro atoms. The molecule has 2 rings (SSSR count). The number of ether oxygens (including phenoxy) is 2. The molecule has 23 heavy (non-hydrogen) atoms. The average Bonchev–Trinajstić information content (AvgIpc) is 2.50. The van der Waals surface area contributed by atoms with E-state index in [1.165, 1.54) is 19.2 Å². The third-order valence-electron chi connectivity index (χ3n) is 2.99. The Hall–Kier alpha value is -2.54. The van der Waals surface area contributed by atoms with Gasteiger partial charge in [0.25, 0.3) is 0 Å². The number of aliphatic hydroxyl groups excluding tert-OH is 1. The second kappa shape index (κ2) is 7.15. The van der Waals surface area contributed by atoms with Crippen molar-refractivity contribution in [3.63, 3.8) is 0 Å². The maximum atomic E-state index is 13.9. The zero-order chi connectivity index (χ0) is 17.0. The molecule has 0 amide bonds. The molecule has 0 aliphatic rings. The van der Waals surface area contributed by atoms with Crippen LogP contribution in [0.15, 0.2) is 24.4 Å². The number of aliphatic hydroxyl groups is 1. The summed E-state index contributed by atoms with van der Waals surface area (Å²) in [5.41, 5.74) is 0.396. The standard InChI is InChI=1S/C16H15F2NO4/c1-3-22-16(21)13-10(8-20)4-5-19-15(13)23-14-11(17)6-9(2)7-12(14)18/h4-7,20H,3,8H2,1-2H3. The Labute approximate surface area is 131 Å². The number of aromatic nitrogens is 1. The fourth-order valence-electron chi connectivity index (χ4n) is 1.99. The summed E-state index contributed by atoms with van der Waals surface area (Å²) in [5.74, 6) is -3.66. The molecule has 0 saturated heterocycles. The number of rotatable bonds is 5. The van der Waals surface area contributed by atoms with E-state index in [-0.39, 0.29) is 23.6 Å². The maximum absolute atomic E-state index is 13.9. The van der Waals surface area contributed by atoms with Crippen LogP contribution in [-0.2, 0) is 11.3 Å². The van der Waals surface area contributed by atoms with Crippen LogP contribution in [0.3, 0.4) is 0 Å². The van der Waals surface area contributed by atoms with E-state index in [0.29, 0.717) is 5.56 Å². The molecule has 0 bridgehead atoms. The van der Waals surface area contributed by atoms with Crippen LogP contribution in [0.4, 0.5) is 8.78 Å². The van der Waals surface area contributed by atoms with Crippen LogP contribution in [0.2, 0.25) is 0 Å². The van der Waals surface area contributed by atoms with Crippen molar-refractivity contribution < 1.29 is 28.2 Å². The zero-order valence-electron chi connectivity index (χ0n) is 12.6.